The van der Waals surface area contributed by atoms with Crippen LogP contribution in [0.1, 0.15) is 31.4 Å². The van der Waals surface area contributed by atoms with Crippen molar-refractivity contribution in [3.05, 3.63) is 46.4 Å². The second kappa shape index (κ2) is 9.99. The molecule has 0 spiro atoms. The van der Waals surface area contributed by atoms with Crippen LogP contribution in [-0.2, 0) is 16.1 Å². The maximum atomic E-state index is 13.1. The van der Waals surface area contributed by atoms with Crippen LogP contribution in [0.15, 0.2) is 44.8 Å². The zero-order chi connectivity index (χ0) is 22.5. The molecule has 10 heteroatoms. The lowest BCUT2D eigenvalue weighted by Crippen LogP contribution is -2.29. The standard InChI is InChI=1S/C22H25N5O4S/c1-15-13-18(25-31-15)24-19(28)14-32-22-23-17-8-3-2-7-16(17)21(30)27(22)12-6-9-20(29)26-10-4-5-11-26/h2-3,7-8,13H,4-6,9-12,14H2,1H3,(H,24,25,28). The SMILES string of the molecule is Cc1cc(NC(=O)CSc2nc3ccccc3c(=O)n2CCCC(=O)N2CCCC2)no1. The van der Waals surface area contributed by atoms with Crippen molar-refractivity contribution in [3.8, 4) is 0 Å². The molecule has 1 aliphatic heterocycles. The van der Waals surface area contributed by atoms with E-state index in [1.165, 1.54) is 11.8 Å². The summed E-state index contributed by atoms with van der Waals surface area (Å²) in [6, 6.07) is 8.77. The number of amides is 2. The van der Waals surface area contributed by atoms with Crippen molar-refractivity contribution in [2.75, 3.05) is 24.2 Å². The normalized spacial score (nSPS) is 13.6. The molecule has 0 bridgehead atoms. The second-order valence-electron chi connectivity index (χ2n) is 7.72. The number of fused-ring (bicyclic) bond motifs is 1. The number of carbonyl (C=O) groups excluding carboxylic acids is 2. The molecule has 1 aromatic carbocycles. The molecule has 0 unspecified atom stereocenters. The van der Waals surface area contributed by atoms with Crippen LogP contribution in [0.3, 0.4) is 0 Å². The van der Waals surface area contributed by atoms with Gasteiger partial charge in [0.05, 0.1) is 16.7 Å². The Labute approximate surface area is 189 Å². The van der Waals surface area contributed by atoms with E-state index in [1.54, 1.807) is 35.8 Å². The molecule has 1 fully saturated rings. The number of rotatable bonds is 8. The number of nitrogens with zero attached hydrogens (tertiary/aromatic N) is 4. The topological polar surface area (TPSA) is 110 Å². The van der Waals surface area contributed by atoms with E-state index >= 15 is 0 Å². The fourth-order valence-electron chi connectivity index (χ4n) is 3.70. The predicted octanol–water partition coefficient (Wildman–Crippen LogP) is 2.83. The number of thioether (sulfide) groups is 1. The fourth-order valence-corrected chi connectivity index (χ4v) is 4.53. The zero-order valence-corrected chi connectivity index (χ0v) is 18.7. The Kier molecular flexibility index (Phi) is 6.89. The van der Waals surface area contributed by atoms with E-state index in [-0.39, 0.29) is 23.1 Å². The van der Waals surface area contributed by atoms with Crippen LogP contribution in [0.5, 0.6) is 0 Å². The Morgan fingerprint density at radius 2 is 2.00 bits per heavy atom. The van der Waals surface area contributed by atoms with E-state index in [0.29, 0.717) is 47.0 Å². The molecule has 1 aliphatic rings. The number of nitrogens with one attached hydrogen (secondary N) is 1. The first-order chi connectivity index (χ1) is 15.5. The Balaban J connectivity index is 1.47. The monoisotopic (exact) mass is 455 g/mol. The Morgan fingerprint density at radius 1 is 1.22 bits per heavy atom. The van der Waals surface area contributed by atoms with Crippen LogP contribution in [0.25, 0.3) is 10.9 Å². The molecule has 168 valence electrons. The summed E-state index contributed by atoms with van der Waals surface area (Å²) in [6.07, 6.45) is 3.02. The molecular formula is C22H25N5O4S. The highest BCUT2D eigenvalue weighted by atomic mass is 32.2. The lowest BCUT2D eigenvalue weighted by Gasteiger charge is -2.16. The maximum absolute atomic E-state index is 13.1. The first kappa shape index (κ1) is 22.1. The number of benzene rings is 1. The van der Waals surface area contributed by atoms with Gasteiger partial charge in [-0.3, -0.25) is 19.0 Å². The average Bonchev–Trinajstić information content (AvgIpc) is 3.46. The van der Waals surface area contributed by atoms with Crippen molar-refractivity contribution in [1.29, 1.82) is 0 Å². The second-order valence-corrected chi connectivity index (χ2v) is 8.66. The molecule has 2 amide bonds. The van der Waals surface area contributed by atoms with E-state index in [2.05, 4.69) is 15.5 Å². The van der Waals surface area contributed by atoms with Gasteiger partial charge in [-0.1, -0.05) is 29.1 Å². The van der Waals surface area contributed by atoms with Crippen LogP contribution >= 0.6 is 11.8 Å². The molecule has 0 saturated carbocycles. The van der Waals surface area contributed by atoms with Crippen molar-refractivity contribution in [3.63, 3.8) is 0 Å². The fraction of sp³-hybridized carbons (Fsp3) is 0.409. The molecule has 1 N–H and O–H groups in total. The van der Waals surface area contributed by atoms with Gasteiger partial charge in [-0.15, -0.1) is 0 Å². The van der Waals surface area contributed by atoms with Crippen LogP contribution < -0.4 is 10.9 Å². The average molecular weight is 456 g/mol. The van der Waals surface area contributed by atoms with Gasteiger partial charge in [0.15, 0.2) is 11.0 Å². The quantitative estimate of drug-likeness (QED) is 0.411. The highest BCUT2D eigenvalue weighted by molar-refractivity contribution is 7.99. The summed E-state index contributed by atoms with van der Waals surface area (Å²) in [7, 11) is 0. The number of aromatic nitrogens is 3. The van der Waals surface area contributed by atoms with E-state index < -0.39 is 0 Å². The summed E-state index contributed by atoms with van der Waals surface area (Å²) >= 11 is 1.18. The molecule has 32 heavy (non-hydrogen) atoms. The minimum atomic E-state index is -0.276. The lowest BCUT2D eigenvalue weighted by atomic mass is 10.2. The van der Waals surface area contributed by atoms with Gasteiger partial charge < -0.3 is 14.7 Å². The smallest absolute Gasteiger partial charge is 0.262 e. The molecule has 2 aromatic heterocycles. The number of hydrogen-bond acceptors (Lipinski definition) is 7. The minimum absolute atomic E-state index is 0.0589. The zero-order valence-electron chi connectivity index (χ0n) is 17.9. The largest absolute Gasteiger partial charge is 0.360 e. The van der Waals surface area contributed by atoms with Gasteiger partial charge in [0, 0.05) is 32.1 Å². The van der Waals surface area contributed by atoms with Gasteiger partial charge in [0.1, 0.15) is 5.76 Å². The van der Waals surface area contributed by atoms with E-state index in [9.17, 15) is 14.4 Å². The first-order valence-corrected chi connectivity index (χ1v) is 11.6. The van der Waals surface area contributed by atoms with Crippen molar-refractivity contribution in [1.82, 2.24) is 19.6 Å². The number of carbonyl (C=O) groups is 2. The third-order valence-electron chi connectivity index (χ3n) is 5.29. The molecule has 3 aromatic rings. The van der Waals surface area contributed by atoms with Gasteiger partial charge in [0.2, 0.25) is 11.8 Å². The molecule has 4 rings (SSSR count). The van der Waals surface area contributed by atoms with E-state index in [1.807, 2.05) is 11.0 Å². The number of anilines is 1. The van der Waals surface area contributed by atoms with E-state index in [0.717, 1.165) is 25.9 Å². The summed E-state index contributed by atoms with van der Waals surface area (Å²) in [5.41, 5.74) is 0.413. The van der Waals surface area contributed by atoms with Crippen LogP contribution in [0.2, 0.25) is 0 Å². The van der Waals surface area contributed by atoms with Gasteiger partial charge >= 0.3 is 0 Å². The first-order valence-electron chi connectivity index (χ1n) is 10.6. The lowest BCUT2D eigenvalue weighted by molar-refractivity contribution is -0.130. The molecule has 0 aliphatic carbocycles. The molecule has 9 nitrogen and oxygen atoms in total. The molecule has 0 radical (unpaired) electrons. The Hall–Kier alpha value is -3.14. The summed E-state index contributed by atoms with van der Waals surface area (Å²) in [4.78, 5) is 44.3. The summed E-state index contributed by atoms with van der Waals surface area (Å²) in [6.45, 7) is 3.74. The number of aryl methyl sites for hydroxylation is 1. The summed E-state index contributed by atoms with van der Waals surface area (Å²) in [5, 5.41) is 7.38. The Bertz CT molecular complexity index is 1180. The molecular weight excluding hydrogens is 430 g/mol. The third-order valence-corrected chi connectivity index (χ3v) is 6.26. The number of para-hydroxylation sites is 1. The van der Waals surface area contributed by atoms with Crippen molar-refractivity contribution in [2.24, 2.45) is 0 Å². The third kappa shape index (κ3) is 5.18. The van der Waals surface area contributed by atoms with Gasteiger partial charge in [-0.25, -0.2) is 4.98 Å². The summed E-state index contributed by atoms with van der Waals surface area (Å²) < 4.78 is 6.52. The Morgan fingerprint density at radius 3 is 2.75 bits per heavy atom. The number of hydrogen-bond donors (Lipinski definition) is 1. The van der Waals surface area contributed by atoms with E-state index in [4.69, 9.17) is 4.52 Å². The van der Waals surface area contributed by atoms with Crippen LogP contribution in [0.4, 0.5) is 5.82 Å². The summed E-state index contributed by atoms with van der Waals surface area (Å²) in [5.74, 6) is 0.852. The van der Waals surface area contributed by atoms with Crippen molar-refractivity contribution < 1.29 is 14.1 Å². The maximum Gasteiger partial charge on any atom is 0.262 e. The van der Waals surface area contributed by atoms with Crippen molar-refractivity contribution >= 4 is 40.3 Å². The van der Waals surface area contributed by atoms with Gasteiger partial charge in [-0.05, 0) is 38.3 Å². The highest BCUT2D eigenvalue weighted by Gasteiger charge is 2.18. The molecule has 3 heterocycles. The van der Waals surface area contributed by atoms with Crippen LogP contribution in [-0.4, -0.2) is 50.3 Å². The van der Waals surface area contributed by atoms with Crippen LogP contribution in [0, 0.1) is 6.92 Å². The highest BCUT2D eigenvalue weighted by Crippen LogP contribution is 2.19. The minimum Gasteiger partial charge on any atom is -0.360 e. The molecule has 1 saturated heterocycles. The van der Waals surface area contributed by atoms with Crippen molar-refractivity contribution in [2.45, 2.75) is 44.3 Å². The molecule has 0 atom stereocenters. The van der Waals surface area contributed by atoms with Gasteiger partial charge in [-0.2, -0.15) is 0 Å². The van der Waals surface area contributed by atoms with Gasteiger partial charge in [0.25, 0.3) is 5.56 Å². The predicted molar refractivity (Wildman–Crippen MR) is 122 cm³/mol. The number of likely N-dealkylation sites (tertiary alicyclic amines) is 1.